The standard InChI is InChI=1S/C12H21N3O/c1-9-8-14(3)4-5-15(9)12(16)10(2)11-6-13-7-11/h9,13H,4-8H2,1-3H3. The fourth-order valence-corrected chi connectivity index (χ4v) is 2.32. The van der Waals surface area contributed by atoms with Gasteiger partial charge in [0.15, 0.2) is 0 Å². The summed E-state index contributed by atoms with van der Waals surface area (Å²) in [5.74, 6) is 0.233. The smallest absolute Gasteiger partial charge is 0.249 e. The third-order valence-electron chi connectivity index (χ3n) is 3.62. The molecule has 0 spiro atoms. The van der Waals surface area contributed by atoms with Gasteiger partial charge in [-0.05, 0) is 26.5 Å². The van der Waals surface area contributed by atoms with Crippen LogP contribution in [0.1, 0.15) is 13.8 Å². The SMILES string of the molecule is CC(C(=O)N1CCN(C)CC1C)=C1CNC1. The van der Waals surface area contributed by atoms with Crippen molar-refractivity contribution in [1.82, 2.24) is 15.1 Å². The molecule has 0 saturated carbocycles. The lowest BCUT2D eigenvalue weighted by Crippen LogP contribution is -2.53. The van der Waals surface area contributed by atoms with Crippen molar-refractivity contribution in [2.75, 3.05) is 39.8 Å². The Morgan fingerprint density at radius 2 is 2.06 bits per heavy atom. The van der Waals surface area contributed by atoms with Gasteiger partial charge < -0.3 is 15.1 Å². The number of amides is 1. The van der Waals surface area contributed by atoms with Crippen LogP contribution in [0, 0.1) is 0 Å². The van der Waals surface area contributed by atoms with E-state index in [2.05, 4.69) is 24.2 Å². The minimum Gasteiger partial charge on any atom is -0.334 e. The number of carbonyl (C=O) groups is 1. The van der Waals surface area contributed by atoms with Gasteiger partial charge in [-0.3, -0.25) is 4.79 Å². The van der Waals surface area contributed by atoms with Crippen LogP contribution in [-0.4, -0.2) is 61.5 Å². The molecule has 2 aliphatic rings. The van der Waals surface area contributed by atoms with E-state index in [0.717, 1.165) is 38.3 Å². The molecule has 0 aromatic carbocycles. The molecule has 2 fully saturated rings. The minimum atomic E-state index is 0.233. The van der Waals surface area contributed by atoms with Crippen molar-refractivity contribution < 1.29 is 4.79 Å². The summed E-state index contributed by atoms with van der Waals surface area (Å²) in [5, 5.41) is 3.18. The fourth-order valence-electron chi connectivity index (χ4n) is 2.32. The van der Waals surface area contributed by atoms with Crippen LogP contribution in [0.25, 0.3) is 0 Å². The molecule has 0 aliphatic carbocycles. The number of likely N-dealkylation sites (N-methyl/N-ethyl adjacent to an activating group) is 1. The summed E-state index contributed by atoms with van der Waals surface area (Å²) >= 11 is 0. The van der Waals surface area contributed by atoms with Crippen LogP contribution in [0.15, 0.2) is 11.1 Å². The Morgan fingerprint density at radius 3 is 2.56 bits per heavy atom. The van der Waals surface area contributed by atoms with Gasteiger partial charge in [-0.2, -0.15) is 0 Å². The first-order valence-electron chi connectivity index (χ1n) is 5.98. The molecule has 16 heavy (non-hydrogen) atoms. The molecule has 4 heteroatoms. The Morgan fingerprint density at radius 1 is 1.38 bits per heavy atom. The summed E-state index contributed by atoms with van der Waals surface area (Å²) in [5.41, 5.74) is 2.23. The van der Waals surface area contributed by atoms with Crippen LogP contribution < -0.4 is 5.32 Å². The highest BCUT2D eigenvalue weighted by Crippen LogP contribution is 2.16. The third kappa shape index (κ3) is 2.13. The van der Waals surface area contributed by atoms with E-state index in [0.29, 0.717) is 6.04 Å². The van der Waals surface area contributed by atoms with E-state index in [1.165, 1.54) is 5.57 Å². The zero-order valence-electron chi connectivity index (χ0n) is 10.4. The van der Waals surface area contributed by atoms with Gasteiger partial charge >= 0.3 is 0 Å². The van der Waals surface area contributed by atoms with E-state index in [9.17, 15) is 4.79 Å². The second-order valence-electron chi connectivity index (χ2n) is 4.94. The van der Waals surface area contributed by atoms with Crippen LogP contribution in [0.5, 0.6) is 0 Å². The lowest BCUT2D eigenvalue weighted by Gasteiger charge is -2.39. The molecule has 2 saturated heterocycles. The molecule has 90 valence electrons. The Kier molecular flexibility index (Phi) is 3.30. The van der Waals surface area contributed by atoms with Gasteiger partial charge in [0, 0.05) is 44.3 Å². The highest BCUT2D eigenvalue weighted by atomic mass is 16.2. The molecular weight excluding hydrogens is 202 g/mol. The summed E-state index contributed by atoms with van der Waals surface area (Å²) < 4.78 is 0. The molecule has 1 amide bonds. The lowest BCUT2D eigenvalue weighted by atomic mass is 10.0. The van der Waals surface area contributed by atoms with Crippen LogP contribution in [0.2, 0.25) is 0 Å². The largest absolute Gasteiger partial charge is 0.334 e. The highest BCUT2D eigenvalue weighted by Gasteiger charge is 2.28. The number of hydrogen-bond acceptors (Lipinski definition) is 3. The van der Waals surface area contributed by atoms with Gasteiger partial charge in [-0.1, -0.05) is 0 Å². The van der Waals surface area contributed by atoms with Gasteiger partial charge in [0.25, 0.3) is 0 Å². The molecule has 0 bridgehead atoms. The first-order chi connectivity index (χ1) is 7.59. The van der Waals surface area contributed by atoms with E-state index in [1.54, 1.807) is 0 Å². The van der Waals surface area contributed by atoms with Gasteiger partial charge in [0.05, 0.1) is 0 Å². The summed E-state index contributed by atoms with van der Waals surface area (Å²) in [6.07, 6.45) is 0. The molecule has 2 rings (SSSR count). The van der Waals surface area contributed by atoms with Crippen molar-refractivity contribution in [3.63, 3.8) is 0 Å². The van der Waals surface area contributed by atoms with E-state index < -0.39 is 0 Å². The number of rotatable bonds is 1. The van der Waals surface area contributed by atoms with Crippen molar-refractivity contribution in [2.24, 2.45) is 0 Å². The van der Waals surface area contributed by atoms with Crippen molar-refractivity contribution in [1.29, 1.82) is 0 Å². The topological polar surface area (TPSA) is 35.6 Å². The predicted octanol–water partition coefficient (Wildman–Crippen LogP) is 0.0686. The maximum atomic E-state index is 12.3. The van der Waals surface area contributed by atoms with Crippen molar-refractivity contribution in [3.05, 3.63) is 11.1 Å². The van der Waals surface area contributed by atoms with E-state index in [1.807, 2.05) is 11.8 Å². The van der Waals surface area contributed by atoms with Crippen LogP contribution in [-0.2, 0) is 4.79 Å². The van der Waals surface area contributed by atoms with Crippen molar-refractivity contribution >= 4 is 5.91 Å². The zero-order chi connectivity index (χ0) is 11.7. The average Bonchev–Trinajstić information content (AvgIpc) is 2.14. The van der Waals surface area contributed by atoms with Crippen LogP contribution in [0.3, 0.4) is 0 Å². The molecule has 0 radical (unpaired) electrons. The van der Waals surface area contributed by atoms with Gasteiger partial charge in [-0.15, -0.1) is 0 Å². The molecule has 1 atom stereocenters. The molecule has 0 aromatic rings. The van der Waals surface area contributed by atoms with Gasteiger partial charge in [-0.25, -0.2) is 0 Å². The average molecular weight is 223 g/mol. The molecule has 1 unspecified atom stereocenters. The monoisotopic (exact) mass is 223 g/mol. The first-order valence-corrected chi connectivity index (χ1v) is 5.98. The number of hydrogen-bond donors (Lipinski definition) is 1. The Bertz CT molecular complexity index is 318. The normalized spacial score (nSPS) is 26.6. The summed E-state index contributed by atoms with van der Waals surface area (Å²) in [7, 11) is 2.11. The predicted molar refractivity (Wildman–Crippen MR) is 64.2 cm³/mol. The first kappa shape index (κ1) is 11.6. The summed E-state index contributed by atoms with van der Waals surface area (Å²) in [4.78, 5) is 16.6. The molecule has 2 heterocycles. The molecule has 4 nitrogen and oxygen atoms in total. The molecule has 2 aliphatic heterocycles. The second kappa shape index (κ2) is 4.55. The Balaban J connectivity index is 2.04. The van der Waals surface area contributed by atoms with Gasteiger partial charge in [0.2, 0.25) is 5.91 Å². The number of nitrogens with zero attached hydrogens (tertiary/aromatic N) is 2. The third-order valence-corrected chi connectivity index (χ3v) is 3.62. The van der Waals surface area contributed by atoms with E-state index in [4.69, 9.17) is 0 Å². The van der Waals surface area contributed by atoms with Crippen LogP contribution >= 0.6 is 0 Å². The summed E-state index contributed by atoms with van der Waals surface area (Å²) in [6.45, 7) is 8.69. The highest BCUT2D eigenvalue weighted by molar-refractivity contribution is 5.94. The molecule has 1 N–H and O–H groups in total. The number of piperazine rings is 1. The molecule has 0 aromatic heterocycles. The lowest BCUT2D eigenvalue weighted by molar-refractivity contribution is -0.131. The molecular formula is C12H21N3O. The zero-order valence-corrected chi connectivity index (χ0v) is 10.4. The Hall–Kier alpha value is -0.870. The Labute approximate surface area is 97.3 Å². The van der Waals surface area contributed by atoms with E-state index in [-0.39, 0.29) is 5.91 Å². The number of carbonyl (C=O) groups excluding carboxylic acids is 1. The quantitative estimate of drug-likeness (QED) is 0.639. The second-order valence-corrected chi connectivity index (χ2v) is 4.94. The number of nitrogens with one attached hydrogen (secondary N) is 1. The van der Waals surface area contributed by atoms with Crippen molar-refractivity contribution in [3.8, 4) is 0 Å². The van der Waals surface area contributed by atoms with Gasteiger partial charge in [0.1, 0.15) is 0 Å². The maximum Gasteiger partial charge on any atom is 0.249 e. The fraction of sp³-hybridized carbons (Fsp3) is 0.750. The summed E-state index contributed by atoms with van der Waals surface area (Å²) in [6, 6.07) is 0.329. The maximum absolute atomic E-state index is 12.3. The van der Waals surface area contributed by atoms with E-state index >= 15 is 0 Å². The van der Waals surface area contributed by atoms with Crippen molar-refractivity contribution in [2.45, 2.75) is 19.9 Å². The van der Waals surface area contributed by atoms with Crippen LogP contribution in [0.4, 0.5) is 0 Å². The minimum absolute atomic E-state index is 0.233.